The van der Waals surface area contributed by atoms with Crippen LogP contribution in [-0.4, -0.2) is 37.9 Å². The van der Waals surface area contributed by atoms with Gasteiger partial charge in [0.1, 0.15) is 12.4 Å². The van der Waals surface area contributed by atoms with Crippen LogP contribution in [0.3, 0.4) is 0 Å². The first-order chi connectivity index (χ1) is 10.1. The fraction of sp³-hybridized carbons (Fsp3) is 0.231. The summed E-state index contributed by atoms with van der Waals surface area (Å²) < 4.78 is 1.37. The second-order valence-electron chi connectivity index (χ2n) is 4.39. The lowest BCUT2D eigenvalue weighted by atomic mass is 10.1. The number of nitrogens with one attached hydrogen (secondary N) is 2. The first kappa shape index (κ1) is 14.5. The van der Waals surface area contributed by atoms with E-state index in [1.165, 1.54) is 11.0 Å². The number of aromatic nitrogens is 3. The molecule has 3 N–H and O–H groups in total. The van der Waals surface area contributed by atoms with Gasteiger partial charge < -0.3 is 10.4 Å². The zero-order valence-corrected chi connectivity index (χ0v) is 11.4. The molecule has 0 radical (unpaired) electrons. The Kier molecular flexibility index (Phi) is 4.50. The molecule has 8 nitrogen and oxygen atoms in total. The summed E-state index contributed by atoms with van der Waals surface area (Å²) in [6.07, 6.45) is 1.48. The van der Waals surface area contributed by atoms with Gasteiger partial charge in [-0.1, -0.05) is 30.3 Å². The van der Waals surface area contributed by atoms with E-state index in [1.54, 1.807) is 19.2 Å². The predicted molar refractivity (Wildman–Crippen MR) is 74.7 cm³/mol. The minimum absolute atomic E-state index is 0.197. The van der Waals surface area contributed by atoms with Gasteiger partial charge in [0.2, 0.25) is 5.95 Å². The SMILES string of the molecule is Cn1ncnc1NC(=O)NC(Cc1ccccc1)C(=O)O. The smallest absolute Gasteiger partial charge is 0.326 e. The summed E-state index contributed by atoms with van der Waals surface area (Å²) in [4.78, 5) is 26.9. The maximum atomic E-state index is 11.8. The van der Waals surface area contributed by atoms with Crippen LogP contribution in [-0.2, 0) is 18.3 Å². The Labute approximate surface area is 120 Å². The molecule has 0 aliphatic rings. The van der Waals surface area contributed by atoms with Crippen LogP contribution in [0.4, 0.5) is 10.7 Å². The van der Waals surface area contributed by atoms with Crippen LogP contribution in [0, 0.1) is 0 Å². The van der Waals surface area contributed by atoms with Gasteiger partial charge in [-0.15, -0.1) is 0 Å². The Morgan fingerprint density at radius 3 is 2.62 bits per heavy atom. The maximum absolute atomic E-state index is 11.8. The van der Waals surface area contributed by atoms with Crippen molar-refractivity contribution in [2.75, 3.05) is 5.32 Å². The van der Waals surface area contributed by atoms with Crippen LogP contribution >= 0.6 is 0 Å². The van der Waals surface area contributed by atoms with Gasteiger partial charge in [0.25, 0.3) is 0 Å². The van der Waals surface area contributed by atoms with E-state index in [2.05, 4.69) is 20.7 Å². The lowest BCUT2D eigenvalue weighted by molar-refractivity contribution is -0.139. The lowest BCUT2D eigenvalue weighted by Gasteiger charge is -2.14. The molecule has 0 saturated heterocycles. The summed E-state index contributed by atoms with van der Waals surface area (Å²) in [7, 11) is 1.61. The number of carboxylic acid groups (broad SMARTS) is 1. The molecule has 1 unspecified atom stereocenters. The molecule has 2 rings (SSSR count). The molecule has 0 spiro atoms. The largest absolute Gasteiger partial charge is 0.480 e. The molecule has 0 bridgehead atoms. The zero-order valence-electron chi connectivity index (χ0n) is 11.4. The number of aliphatic carboxylic acids is 1. The van der Waals surface area contributed by atoms with E-state index in [-0.39, 0.29) is 12.4 Å². The molecular weight excluding hydrogens is 274 g/mol. The van der Waals surface area contributed by atoms with Gasteiger partial charge in [0.15, 0.2) is 0 Å². The number of carboxylic acids is 1. The summed E-state index contributed by atoms with van der Waals surface area (Å²) in [5, 5.41) is 17.8. The van der Waals surface area contributed by atoms with Crippen molar-refractivity contribution in [3.8, 4) is 0 Å². The number of hydrogen-bond donors (Lipinski definition) is 3. The molecule has 2 aromatic rings. The highest BCUT2D eigenvalue weighted by atomic mass is 16.4. The highest BCUT2D eigenvalue weighted by Crippen LogP contribution is 2.04. The number of amides is 2. The van der Waals surface area contributed by atoms with Gasteiger partial charge >= 0.3 is 12.0 Å². The van der Waals surface area contributed by atoms with E-state index in [1.807, 2.05) is 18.2 Å². The summed E-state index contributed by atoms with van der Waals surface area (Å²) in [6, 6.07) is 7.40. The fourth-order valence-corrected chi connectivity index (χ4v) is 1.76. The van der Waals surface area contributed by atoms with Crippen molar-refractivity contribution in [1.82, 2.24) is 20.1 Å². The Balaban J connectivity index is 1.98. The van der Waals surface area contributed by atoms with Crippen molar-refractivity contribution in [3.63, 3.8) is 0 Å². The number of rotatable bonds is 5. The number of carbonyl (C=O) groups is 2. The Bertz CT molecular complexity index is 626. The second kappa shape index (κ2) is 6.51. The molecule has 110 valence electrons. The molecule has 1 heterocycles. The third-order valence-corrected chi connectivity index (χ3v) is 2.82. The van der Waals surface area contributed by atoms with E-state index in [0.717, 1.165) is 5.56 Å². The van der Waals surface area contributed by atoms with E-state index in [0.29, 0.717) is 0 Å². The number of aryl methyl sites for hydroxylation is 1. The number of anilines is 1. The van der Waals surface area contributed by atoms with Crippen LogP contribution in [0.5, 0.6) is 0 Å². The third kappa shape index (κ3) is 4.03. The molecule has 1 atom stereocenters. The molecule has 8 heteroatoms. The van der Waals surface area contributed by atoms with Crippen LogP contribution in [0.25, 0.3) is 0 Å². The molecule has 0 saturated carbocycles. The Morgan fingerprint density at radius 2 is 2.05 bits per heavy atom. The van der Waals surface area contributed by atoms with E-state index >= 15 is 0 Å². The fourth-order valence-electron chi connectivity index (χ4n) is 1.76. The monoisotopic (exact) mass is 289 g/mol. The van der Waals surface area contributed by atoms with E-state index in [9.17, 15) is 14.7 Å². The van der Waals surface area contributed by atoms with Crippen LogP contribution in [0.2, 0.25) is 0 Å². The van der Waals surface area contributed by atoms with Crippen molar-refractivity contribution < 1.29 is 14.7 Å². The summed E-state index contributed by atoms with van der Waals surface area (Å²) in [5.41, 5.74) is 0.823. The second-order valence-corrected chi connectivity index (χ2v) is 4.39. The molecule has 0 aliphatic carbocycles. The summed E-state index contributed by atoms with van der Waals surface area (Å²) >= 11 is 0. The summed E-state index contributed by atoms with van der Waals surface area (Å²) in [6.45, 7) is 0. The van der Waals surface area contributed by atoms with Gasteiger partial charge in [-0.3, -0.25) is 5.32 Å². The van der Waals surface area contributed by atoms with Crippen molar-refractivity contribution >= 4 is 17.9 Å². The number of carbonyl (C=O) groups excluding carboxylic acids is 1. The third-order valence-electron chi connectivity index (χ3n) is 2.82. The molecule has 0 aliphatic heterocycles. The minimum Gasteiger partial charge on any atom is -0.480 e. The highest BCUT2D eigenvalue weighted by Gasteiger charge is 2.21. The Morgan fingerprint density at radius 1 is 1.33 bits per heavy atom. The first-order valence-electron chi connectivity index (χ1n) is 6.24. The lowest BCUT2D eigenvalue weighted by Crippen LogP contribution is -2.44. The molecule has 1 aromatic heterocycles. The molecule has 2 amide bonds. The number of benzene rings is 1. The first-order valence-corrected chi connectivity index (χ1v) is 6.24. The van der Waals surface area contributed by atoms with Crippen LogP contribution in [0.15, 0.2) is 36.7 Å². The maximum Gasteiger partial charge on any atom is 0.326 e. The van der Waals surface area contributed by atoms with Crippen molar-refractivity contribution in [1.29, 1.82) is 0 Å². The highest BCUT2D eigenvalue weighted by molar-refractivity contribution is 5.90. The topological polar surface area (TPSA) is 109 Å². The van der Waals surface area contributed by atoms with Gasteiger partial charge in [0, 0.05) is 13.5 Å². The van der Waals surface area contributed by atoms with Crippen LogP contribution in [0.1, 0.15) is 5.56 Å². The average Bonchev–Trinajstić information content (AvgIpc) is 2.84. The Hall–Kier alpha value is -2.90. The quantitative estimate of drug-likeness (QED) is 0.748. The standard InChI is InChI=1S/C13H15N5O3/c1-18-12(14-8-15-18)17-13(21)16-10(11(19)20)7-9-5-3-2-4-6-9/h2-6,8,10H,7H2,1H3,(H,19,20)(H2,14,15,16,17,21). The zero-order chi connectivity index (χ0) is 15.2. The number of urea groups is 1. The van der Waals surface area contributed by atoms with Crippen molar-refractivity contribution in [3.05, 3.63) is 42.2 Å². The van der Waals surface area contributed by atoms with Crippen molar-refractivity contribution in [2.24, 2.45) is 7.05 Å². The predicted octanol–water partition coefficient (Wildman–Crippen LogP) is 0.632. The molecule has 1 aromatic carbocycles. The van der Waals surface area contributed by atoms with Gasteiger partial charge in [-0.25, -0.2) is 14.3 Å². The normalized spacial score (nSPS) is 11.7. The van der Waals surface area contributed by atoms with Gasteiger partial charge in [-0.2, -0.15) is 10.1 Å². The van der Waals surface area contributed by atoms with Gasteiger partial charge in [0.05, 0.1) is 0 Å². The van der Waals surface area contributed by atoms with E-state index in [4.69, 9.17) is 0 Å². The average molecular weight is 289 g/mol. The minimum atomic E-state index is -1.10. The van der Waals surface area contributed by atoms with Gasteiger partial charge in [-0.05, 0) is 5.56 Å². The number of hydrogen-bond acceptors (Lipinski definition) is 4. The van der Waals surface area contributed by atoms with E-state index < -0.39 is 18.0 Å². The molecule has 21 heavy (non-hydrogen) atoms. The summed E-state index contributed by atoms with van der Waals surface area (Å²) in [5.74, 6) is -0.872. The van der Waals surface area contributed by atoms with Crippen LogP contribution < -0.4 is 10.6 Å². The molecular formula is C13H15N5O3. The molecule has 0 fully saturated rings. The van der Waals surface area contributed by atoms with Crippen molar-refractivity contribution in [2.45, 2.75) is 12.5 Å². The number of nitrogens with zero attached hydrogens (tertiary/aromatic N) is 3.